The number of hydrogen-bond donors (Lipinski definition) is 2. The third-order valence-electron chi connectivity index (χ3n) is 6.55. The molecule has 1 aliphatic heterocycles. The van der Waals surface area contributed by atoms with Crippen molar-refractivity contribution in [2.75, 3.05) is 31.0 Å². The molecule has 0 aliphatic carbocycles. The molecule has 1 unspecified atom stereocenters. The third-order valence-corrected chi connectivity index (χ3v) is 6.55. The van der Waals surface area contributed by atoms with E-state index in [4.69, 9.17) is 19.9 Å². The average molecular weight is 523 g/mol. The van der Waals surface area contributed by atoms with E-state index in [1.165, 1.54) is 16.6 Å². The van der Waals surface area contributed by atoms with Crippen LogP contribution in [-0.2, 0) is 17.8 Å². The Morgan fingerprint density at radius 1 is 1.18 bits per heavy atom. The monoisotopic (exact) mass is 522 g/mol. The Morgan fingerprint density at radius 3 is 2.63 bits per heavy atom. The predicted molar refractivity (Wildman–Crippen MR) is 145 cm³/mol. The number of carbonyl (C=O) groups is 1. The van der Waals surface area contributed by atoms with Gasteiger partial charge in [0, 0.05) is 24.3 Å². The van der Waals surface area contributed by atoms with Crippen molar-refractivity contribution in [3.8, 4) is 11.5 Å². The van der Waals surface area contributed by atoms with Gasteiger partial charge in [-0.1, -0.05) is 31.5 Å². The normalized spacial score (nSPS) is 14.8. The maximum Gasteiger partial charge on any atom is 0.330 e. The number of H-pyrrole nitrogens is 1. The van der Waals surface area contributed by atoms with E-state index < -0.39 is 17.2 Å². The summed E-state index contributed by atoms with van der Waals surface area (Å²) in [6.07, 6.45) is 3.57. The number of nitrogens with zero attached hydrogens (tertiary/aromatic N) is 2. The van der Waals surface area contributed by atoms with Gasteiger partial charge in [-0.05, 0) is 49.6 Å². The fourth-order valence-electron chi connectivity index (χ4n) is 4.45. The second kappa shape index (κ2) is 12.5. The molecular weight excluding hydrogens is 488 g/mol. The molecule has 10 heteroatoms. The van der Waals surface area contributed by atoms with Gasteiger partial charge in [0.1, 0.15) is 23.9 Å². The van der Waals surface area contributed by atoms with E-state index in [0.717, 1.165) is 25.9 Å². The van der Waals surface area contributed by atoms with Gasteiger partial charge in [-0.25, -0.2) is 4.79 Å². The van der Waals surface area contributed by atoms with E-state index in [0.29, 0.717) is 42.2 Å². The van der Waals surface area contributed by atoms with Gasteiger partial charge in [-0.15, -0.1) is 0 Å². The van der Waals surface area contributed by atoms with Crippen LogP contribution in [-0.4, -0.2) is 41.9 Å². The van der Waals surface area contributed by atoms with Crippen LogP contribution in [0.1, 0.15) is 48.5 Å². The van der Waals surface area contributed by atoms with Gasteiger partial charge in [0.25, 0.3) is 11.5 Å². The summed E-state index contributed by atoms with van der Waals surface area (Å²) in [6, 6.07) is 13.9. The molecule has 1 saturated heterocycles. The second-order valence-electron chi connectivity index (χ2n) is 9.17. The quantitative estimate of drug-likeness (QED) is 0.395. The van der Waals surface area contributed by atoms with Crippen LogP contribution in [0.3, 0.4) is 0 Å². The Bertz CT molecular complexity index is 1360. The largest absolute Gasteiger partial charge is 0.496 e. The number of benzene rings is 2. The molecule has 2 aromatic carbocycles. The molecule has 1 atom stereocenters. The molecule has 1 aromatic heterocycles. The van der Waals surface area contributed by atoms with Gasteiger partial charge < -0.3 is 19.9 Å². The van der Waals surface area contributed by atoms with Crippen molar-refractivity contribution in [3.63, 3.8) is 0 Å². The number of methoxy groups -OCH3 is 1. The summed E-state index contributed by atoms with van der Waals surface area (Å²) in [5, 5.41) is 0. The highest BCUT2D eigenvalue weighted by atomic mass is 16.5. The van der Waals surface area contributed by atoms with E-state index >= 15 is 0 Å². The first kappa shape index (κ1) is 27.0. The highest BCUT2D eigenvalue weighted by Crippen LogP contribution is 2.27. The van der Waals surface area contributed by atoms with Crippen LogP contribution in [0, 0.1) is 0 Å². The second-order valence-corrected chi connectivity index (χ2v) is 9.17. The maximum absolute atomic E-state index is 13.9. The number of para-hydroxylation sites is 1. The number of anilines is 2. The van der Waals surface area contributed by atoms with E-state index in [1.807, 2.05) is 19.1 Å². The lowest BCUT2D eigenvalue weighted by molar-refractivity contribution is 0.0679. The minimum atomic E-state index is -0.736. The number of aromatic nitrogens is 2. The molecule has 3 N–H and O–H groups in total. The van der Waals surface area contributed by atoms with E-state index in [9.17, 15) is 14.4 Å². The van der Waals surface area contributed by atoms with Crippen LogP contribution >= 0.6 is 0 Å². The Labute approximate surface area is 220 Å². The lowest BCUT2D eigenvalue weighted by Crippen LogP contribution is -2.41. The zero-order chi connectivity index (χ0) is 27.1. The van der Waals surface area contributed by atoms with Crippen LogP contribution in [0.15, 0.2) is 58.1 Å². The predicted octanol–water partition coefficient (Wildman–Crippen LogP) is 3.33. The van der Waals surface area contributed by atoms with Crippen molar-refractivity contribution in [2.24, 2.45) is 0 Å². The molecule has 0 radical (unpaired) electrons. The lowest BCUT2D eigenvalue weighted by Gasteiger charge is -2.25. The van der Waals surface area contributed by atoms with Gasteiger partial charge in [-0.2, -0.15) is 0 Å². The molecular formula is C28H34N4O6. The zero-order valence-corrected chi connectivity index (χ0v) is 21.8. The van der Waals surface area contributed by atoms with Crippen LogP contribution in [0.4, 0.5) is 11.5 Å². The Hall–Kier alpha value is -4.05. The average Bonchev–Trinajstić information content (AvgIpc) is 3.45. The van der Waals surface area contributed by atoms with Gasteiger partial charge in [-0.3, -0.25) is 24.0 Å². The van der Waals surface area contributed by atoms with E-state index in [-0.39, 0.29) is 24.2 Å². The van der Waals surface area contributed by atoms with Crippen LogP contribution in [0.25, 0.3) is 0 Å². The number of nitrogens with two attached hydrogens (primary N) is 1. The summed E-state index contributed by atoms with van der Waals surface area (Å²) in [5.41, 5.74) is 5.94. The first-order valence-electron chi connectivity index (χ1n) is 12.8. The zero-order valence-electron chi connectivity index (χ0n) is 21.8. The number of ether oxygens (including phenoxy) is 3. The molecule has 4 rings (SSSR count). The number of aromatic amines is 1. The van der Waals surface area contributed by atoms with Crippen molar-refractivity contribution >= 4 is 17.4 Å². The fraction of sp³-hybridized carbons (Fsp3) is 0.393. The van der Waals surface area contributed by atoms with Gasteiger partial charge >= 0.3 is 5.69 Å². The highest BCUT2D eigenvalue weighted by molar-refractivity contribution is 6.07. The highest BCUT2D eigenvalue weighted by Gasteiger charge is 2.27. The van der Waals surface area contributed by atoms with Gasteiger partial charge in [0.05, 0.1) is 19.8 Å². The smallest absolute Gasteiger partial charge is 0.330 e. The number of rotatable bonds is 11. The molecule has 1 amide bonds. The lowest BCUT2D eigenvalue weighted by atomic mass is 10.1. The van der Waals surface area contributed by atoms with E-state index in [2.05, 4.69) is 4.98 Å². The molecule has 10 nitrogen and oxygen atoms in total. The van der Waals surface area contributed by atoms with E-state index in [1.54, 1.807) is 36.4 Å². The molecule has 0 bridgehead atoms. The SMILES string of the molecule is CCCCn1c(N)c(N(Cc2ccccc2OC)C(=O)c2ccc(OCC3CCCO3)cc2)c(=O)[nH]c1=O. The summed E-state index contributed by atoms with van der Waals surface area (Å²) in [7, 11) is 1.53. The molecule has 38 heavy (non-hydrogen) atoms. The summed E-state index contributed by atoms with van der Waals surface area (Å²) in [5.74, 6) is 0.641. The Morgan fingerprint density at radius 2 is 1.95 bits per heavy atom. The molecule has 1 fully saturated rings. The number of hydrogen-bond acceptors (Lipinski definition) is 7. The number of nitrogens with one attached hydrogen (secondary N) is 1. The van der Waals surface area contributed by atoms with Gasteiger partial charge in [0.15, 0.2) is 5.69 Å². The number of carbonyl (C=O) groups excluding carboxylic acids is 1. The molecule has 2 heterocycles. The minimum absolute atomic E-state index is 0.000617. The van der Waals surface area contributed by atoms with Gasteiger partial charge in [0.2, 0.25) is 0 Å². The maximum atomic E-state index is 13.9. The first-order chi connectivity index (χ1) is 18.4. The summed E-state index contributed by atoms with van der Waals surface area (Å²) in [4.78, 5) is 43.1. The van der Waals surface area contributed by atoms with Crippen molar-refractivity contribution in [1.82, 2.24) is 9.55 Å². The first-order valence-corrected chi connectivity index (χ1v) is 12.8. The molecule has 202 valence electrons. The van der Waals surface area contributed by atoms with Crippen molar-refractivity contribution < 1.29 is 19.0 Å². The fourth-order valence-corrected chi connectivity index (χ4v) is 4.45. The molecule has 1 aliphatic rings. The Kier molecular flexibility index (Phi) is 8.85. The van der Waals surface area contributed by atoms with Crippen LogP contribution < -0.4 is 31.4 Å². The molecule has 3 aromatic rings. The molecule has 0 saturated carbocycles. The Balaban J connectivity index is 1.70. The summed E-state index contributed by atoms with van der Waals surface area (Å²) in [6.45, 7) is 3.49. The van der Waals surface area contributed by atoms with Crippen molar-refractivity contribution in [2.45, 2.75) is 51.8 Å². The summed E-state index contributed by atoms with van der Waals surface area (Å²) >= 11 is 0. The number of unbranched alkanes of at least 4 members (excludes halogenated alkanes) is 1. The number of amides is 1. The molecule has 0 spiro atoms. The topological polar surface area (TPSA) is 129 Å². The standard InChI is InChI=1S/C28H34N4O6/c1-3-4-15-31-25(29)24(26(33)30-28(31)35)32(17-20-8-5-6-10-23(20)36-2)27(34)19-11-13-21(14-12-19)38-18-22-9-7-16-37-22/h5-6,8,10-14,22H,3-4,7,9,15-18,29H2,1-2H3,(H,30,33,35). The van der Waals surface area contributed by atoms with Crippen LogP contribution in [0.2, 0.25) is 0 Å². The number of nitrogen functional groups attached to an aromatic ring is 1. The summed E-state index contributed by atoms with van der Waals surface area (Å²) < 4.78 is 18.2. The van der Waals surface area contributed by atoms with Crippen molar-refractivity contribution in [3.05, 3.63) is 80.5 Å². The minimum Gasteiger partial charge on any atom is -0.496 e. The third kappa shape index (κ3) is 6.08. The van der Waals surface area contributed by atoms with Crippen LogP contribution in [0.5, 0.6) is 11.5 Å². The van der Waals surface area contributed by atoms with Crippen molar-refractivity contribution in [1.29, 1.82) is 0 Å².